The van der Waals surface area contributed by atoms with Gasteiger partial charge in [-0.1, -0.05) is 19.8 Å². The van der Waals surface area contributed by atoms with Gasteiger partial charge in [0.25, 0.3) is 0 Å². The van der Waals surface area contributed by atoms with Crippen molar-refractivity contribution in [2.75, 3.05) is 39.3 Å². The van der Waals surface area contributed by atoms with Crippen LogP contribution in [0.4, 0.5) is 4.79 Å². The van der Waals surface area contributed by atoms with Gasteiger partial charge in [0, 0.05) is 39.1 Å². The number of nitrogens with one attached hydrogen (secondary N) is 1. The minimum atomic E-state index is -0.731. The quantitative estimate of drug-likeness (QED) is 0.636. The SMILES string of the molecule is CCCN1CCN(C(=O)NCCCCCCC(=O)O)CC1. The molecule has 0 spiro atoms. The van der Waals surface area contributed by atoms with Gasteiger partial charge >= 0.3 is 12.0 Å². The minimum absolute atomic E-state index is 0.0386. The Hall–Kier alpha value is -1.30. The van der Waals surface area contributed by atoms with Crippen LogP contribution < -0.4 is 5.32 Å². The van der Waals surface area contributed by atoms with Gasteiger partial charge in [-0.3, -0.25) is 9.69 Å². The Balaban J connectivity index is 2.00. The summed E-state index contributed by atoms with van der Waals surface area (Å²) >= 11 is 0. The maximum Gasteiger partial charge on any atom is 0.317 e. The lowest BCUT2D eigenvalue weighted by Gasteiger charge is -2.34. The zero-order valence-electron chi connectivity index (χ0n) is 13.1. The van der Waals surface area contributed by atoms with Gasteiger partial charge in [0.1, 0.15) is 0 Å². The molecule has 0 aromatic carbocycles. The van der Waals surface area contributed by atoms with Gasteiger partial charge in [-0.2, -0.15) is 0 Å². The average Bonchev–Trinajstić information content (AvgIpc) is 2.47. The van der Waals surface area contributed by atoms with Crippen LogP contribution in [0.5, 0.6) is 0 Å². The maximum atomic E-state index is 12.0. The Bertz CT molecular complexity index is 315. The third-order valence-electron chi connectivity index (χ3n) is 3.79. The first-order valence-electron chi connectivity index (χ1n) is 8.10. The van der Waals surface area contributed by atoms with Crippen molar-refractivity contribution in [1.82, 2.24) is 15.1 Å². The fraction of sp³-hybridized carbons (Fsp3) is 0.867. The molecular weight excluding hydrogens is 270 g/mol. The highest BCUT2D eigenvalue weighted by Gasteiger charge is 2.19. The molecule has 6 heteroatoms. The molecule has 2 N–H and O–H groups in total. The van der Waals surface area contributed by atoms with E-state index in [1.54, 1.807) is 0 Å². The number of hydrogen-bond acceptors (Lipinski definition) is 3. The number of carbonyl (C=O) groups is 2. The Kier molecular flexibility index (Phi) is 8.82. The van der Waals surface area contributed by atoms with Crippen molar-refractivity contribution >= 4 is 12.0 Å². The van der Waals surface area contributed by atoms with E-state index in [1.165, 1.54) is 0 Å². The van der Waals surface area contributed by atoms with Crippen LogP contribution in [0.25, 0.3) is 0 Å². The van der Waals surface area contributed by atoms with Crippen LogP contribution in [0.15, 0.2) is 0 Å². The van der Waals surface area contributed by atoms with E-state index in [0.717, 1.165) is 64.8 Å². The highest BCUT2D eigenvalue weighted by Crippen LogP contribution is 2.04. The zero-order valence-corrected chi connectivity index (χ0v) is 13.1. The molecule has 1 heterocycles. The molecule has 1 saturated heterocycles. The number of carboxylic acid groups (broad SMARTS) is 1. The van der Waals surface area contributed by atoms with Crippen LogP contribution in [0.1, 0.15) is 45.4 Å². The minimum Gasteiger partial charge on any atom is -0.481 e. The van der Waals surface area contributed by atoms with Crippen LogP contribution in [-0.2, 0) is 4.79 Å². The van der Waals surface area contributed by atoms with Gasteiger partial charge < -0.3 is 15.3 Å². The van der Waals surface area contributed by atoms with E-state index in [4.69, 9.17) is 5.11 Å². The number of unbranched alkanes of at least 4 members (excludes halogenated alkanes) is 3. The highest BCUT2D eigenvalue weighted by atomic mass is 16.4. The van der Waals surface area contributed by atoms with Crippen molar-refractivity contribution in [2.45, 2.75) is 45.4 Å². The van der Waals surface area contributed by atoms with Crippen molar-refractivity contribution in [3.63, 3.8) is 0 Å². The van der Waals surface area contributed by atoms with Gasteiger partial charge in [-0.25, -0.2) is 4.79 Å². The number of aliphatic carboxylic acids is 1. The predicted molar refractivity (Wildman–Crippen MR) is 82.4 cm³/mol. The van der Waals surface area contributed by atoms with Crippen LogP contribution in [-0.4, -0.2) is 66.2 Å². The number of piperazine rings is 1. The summed E-state index contributed by atoms with van der Waals surface area (Å²) < 4.78 is 0. The van der Waals surface area contributed by atoms with E-state index in [2.05, 4.69) is 17.1 Å². The van der Waals surface area contributed by atoms with Crippen LogP contribution in [0.2, 0.25) is 0 Å². The topological polar surface area (TPSA) is 72.9 Å². The number of carboxylic acids is 1. The third kappa shape index (κ3) is 7.90. The van der Waals surface area contributed by atoms with E-state index >= 15 is 0 Å². The smallest absolute Gasteiger partial charge is 0.317 e. The zero-order chi connectivity index (χ0) is 15.5. The van der Waals surface area contributed by atoms with Crippen molar-refractivity contribution in [2.24, 2.45) is 0 Å². The second kappa shape index (κ2) is 10.4. The van der Waals surface area contributed by atoms with Crippen LogP contribution in [0, 0.1) is 0 Å². The Labute approximate surface area is 127 Å². The molecule has 0 atom stereocenters. The number of urea groups is 1. The first kappa shape index (κ1) is 17.8. The summed E-state index contributed by atoms with van der Waals surface area (Å²) in [7, 11) is 0. The number of rotatable bonds is 9. The van der Waals surface area contributed by atoms with E-state index in [9.17, 15) is 9.59 Å². The number of carbonyl (C=O) groups excluding carboxylic acids is 1. The molecule has 1 rings (SSSR count). The predicted octanol–water partition coefficient (Wildman–Crippen LogP) is 1.76. The molecule has 1 aliphatic rings. The lowest BCUT2D eigenvalue weighted by Crippen LogP contribution is -2.51. The van der Waals surface area contributed by atoms with Gasteiger partial charge in [0.15, 0.2) is 0 Å². The van der Waals surface area contributed by atoms with E-state index in [0.29, 0.717) is 6.54 Å². The molecule has 0 saturated carbocycles. The Morgan fingerprint density at radius 1 is 1.05 bits per heavy atom. The molecule has 0 aromatic rings. The van der Waals surface area contributed by atoms with Crippen molar-refractivity contribution in [1.29, 1.82) is 0 Å². The van der Waals surface area contributed by atoms with Crippen LogP contribution in [0.3, 0.4) is 0 Å². The highest BCUT2D eigenvalue weighted by molar-refractivity contribution is 5.74. The monoisotopic (exact) mass is 299 g/mol. The van der Waals surface area contributed by atoms with Gasteiger partial charge in [-0.15, -0.1) is 0 Å². The second-order valence-corrected chi connectivity index (χ2v) is 5.62. The average molecular weight is 299 g/mol. The summed E-state index contributed by atoms with van der Waals surface area (Å²) in [5.41, 5.74) is 0. The standard InChI is InChI=1S/C15H29N3O3/c1-2-9-17-10-12-18(13-11-17)15(21)16-8-6-4-3-5-7-14(19)20/h2-13H2,1H3,(H,16,21)(H,19,20). The lowest BCUT2D eigenvalue weighted by molar-refractivity contribution is -0.137. The Morgan fingerprint density at radius 2 is 1.71 bits per heavy atom. The largest absolute Gasteiger partial charge is 0.481 e. The van der Waals surface area contributed by atoms with E-state index in [-0.39, 0.29) is 12.5 Å². The second-order valence-electron chi connectivity index (χ2n) is 5.62. The molecule has 0 aromatic heterocycles. The fourth-order valence-corrected chi connectivity index (χ4v) is 2.55. The molecule has 1 aliphatic heterocycles. The molecule has 0 aliphatic carbocycles. The van der Waals surface area contributed by atoms with Gasteiger partial charge in [-0.05, 0) is 25.8 Å². The molecule has 6 nitrogen and oxygen atoms in total. The summed E-state index contributed by atoms with van der Waals surface area (Å²) in [5, 5.41) is 11.5. The number of hydrogen-bond donors (Lipinski definition) is 2. The molecule has 0 unspecified atom stereocenters. The molecule has 1 fully saturated rings. The molecule has 2 amide bonds. The van der Waals surface area contributed by atoms with E-state index < -0.39 is 5.97 Å². The molecule has 21 heavy (non-hydrogen) atoms. The fourth-order valence-electron chi connectivity index (χ4n) is 2.55. The summed E-state index contributed by atoms with van der Waals surface area (Å²) in [6.45, 7) is 7.53. The van der Waals surface area contributed by atoms with E-state index in [1.807, 2.05) is 4.90 Å². The summed E-state index contributed by atoms with van der Waals surface area (Å²) in [6.07, 6.45) is 4.93. The summed E-state index contributed by atoms with van der Waals surface area (Å²) in [4.78, 5) is 26.6. The summed E-state index contributed by atoms with van der Waals surface area (Å²) in [5.74, 6) is -0.731. The normalized spacial score (nSPS) is 16.0. The molecule has 0 bridgehead atoms. The molecular formula is C15H29N3O3. The van der Waals surface area contributed by atoms with Crippen molar-refractivity contribution < 1.29 is 14.7 Å². The summed E-state index contributed by atoms with van der Waals surface area (Å²) in [6, 6.07) is 0.0386. The first-order chi connectivity index (χ1) is 10.1. The molecule has 0 radical (unpaired) electrons. The van der Waals surface area contributed by atoms with Gasteiger partial charge in [0.2, 0.25) is 0 Å². The molecule has 122 valence electrons. The Morgan fingerprint density at radius 3 is 2.33 bits per heavy atom. The number of amides is 2. The first-order valence-corrected chi connectivity index (χ1v) is 8.10. The van der Waals surface area contributed by atoms with Crippen LogP contribution >= 0.6 is 0 Å². The maximum absolute atomic E-state index is 12.0. The van der Waals surface area contributed by atoms with Crippen molar-refractivity contribution in [3.05, 3.63) is 0 Å². The van der Waals surface area contributed by atoms with Crippen molar-refractivity contribution in [3.8, 4) is 0 Å². The lowest BCUT2D eigenvalue weighted by atomic mass is 10.1. The number of nitrogens with zero attached hydrogens (tertiary/aromatic N) is 2. The third-order valence-corrected chi connectivity index (χ3v) is 3.79. The van der Waals surface area contributed by atoms with Gasteiger partial charge in [0.05, 0.1) is 0 Å².